The van der Waals surface area contributed by atoms with E-state index in [1.54, 1.807) is 12.1 Å². The van der Waals surface area contributed by atoms with Gasteiger partial charge in [-0.15, -0.1) is 0 Å². The topological polar surface area (TPSA) is 26.8 Å². The number of hydrogen-bond donors (Lipinski definition) is 0. The zero-order valence-corrected chi connectivity index (χ0v) is 21.2. The second-order valence-corrected chi connectivity index (χ2v) is 10.8. The number of carbonyl (C=O) groups is 1. The van der Waals surface area contributed by atoms with Crippen LogP contribution in [0.1, 0.15) is 52.2 Å². The molecule has 2 saturated heterocycles. The Kier molecular flexibility index (Phi) is 7.67. The molecule has 212 valence electrons. The smallest absolute Gasteiger partial charge is 0.338 e. The first-order valence-electron chi connectivity index (χ1n) is 13.2. The van der Waals surface area contributed by atoms with E-state index in [4.69, 9.17) is 0 Å². The first-order chi connectivity index (χ1) is 18.4. The minimum absolute atomic E-state index is 0.00910. The normalized spacial score (nSPS) is 23.7. The van der Waals surface area contributed by atoms with Gasteiger partial charge in [-0.05, 0) is 61.1 Å². The number of carbonyl (C=O) groups excluding carboxylic acids is 1. The Bertz CT molecular complexity index is 1140. The van der Waals surface area contributed by atoms with Gasteiger partial charge in [-0.25, -0.2) is 4.39 Å². The number of halogens is 7. The molecular formula is C28H30F7N3O. The number of rotatable bonds is 5. The van der Waals surface area contributed by atoms with E-state index in [0.717, 1.165) is 44.2 Å². The van der Waals surface area contributed by atoms with E-state index in [0.29, 0.717) is 18.6 Å². The maximum absolute atomic E-state index is 13.7. The summed E-state index contributed by atoms with van der Waals surface area (Å²) in [5, 5.41) is 0. The minimum atomic E-state index is -5.04. The molecule has 2 heterocycles. The molecule has 2 aromatic rings. The van der Waals surface area contributed by atoms with Gasteiger partial charge in [0.05, 0.1) is 11.1 Å². The summed E-state index contributed by atoms with van der Waals surface area (Å²) in [5.41, 5.74) is -2.91. The molecule has 0 N–H and O–H groups in total. The average molecular weight is 558 g/mol. The second-order valence-electron chi connectivity index (χ2n) is 10.8. The predicted molar refractivity (Wildman–Crippen MR) is 131 cm³/mol. The summed E-state index contributed by atoms with van der Waals surface area (Å²) < 4.78 is 94.0. The van der Waals surface area contributed by atoms with Crippen molar-refractivity contribution in [3.8, 4) is 0 Å². The van der Waals surface area contributed by atoms with Crippen LogP contribution in [0.2, 0.25) is 0 Å². The first-order valence-corrected chi connectivity index (χ1v) is 13.2. The molecule has 2 aliphatic heterocycles. The highest BCUT2D eigenvalue weighted by Gasteiger charge is 2.40. The Balaban J connectivity index is 1.38. The monoisotopic (exact) mass is 557 g/mol. The Labute approximate surface area is 222 Å². The zero-order valence-electron chi connectivity index (χ0n) is 21.2. The van der Waals surface area contributed by atoms with Crippen molar-refractivity contribution in [1.29, 1.82) is 0 Å². The lowest BCUT2D eigenvalue weighted by Gasteiger charge is -2.47. The predicted octanol–water partition coefficient (Wildman–Crippen LogP) is 5.89. The Morgan fingerprint density at radius 1 is 0.795 bits per heavy atom. The maximum atomic E-state index is 13.7. The third kappa shape index (κ3) is 6.57. The number of likely N-dealkylation sites (tertiary alicyclic amines) is 1. The minimum Gasteiger partial charge on any atom is -0.338 e. The van der Waals surface area contributed by atoms with E-state index < -0.39 is 40.8 Å². The van der Waals surface area contributed by atoms with Crippen LogP contribution in [0.4, 0.5) is 30.7 Å². The van der Waals surface area contributed by atoms with E-state index in [-0.39, 0.29) is 31.1 Å². The molecule has 0 aromatic heterocycles. The lowest BCUT2D eigenvalue weighted by Crippen LogP contribution is -2.56. The van der Waals surface area contributed by atoms with Crippen LogP contribution in [0.25, 0.3) is 0 Å². The van der Waals surface area contributed by atoms with Crippen LogP contribution in [0.15, 0.2) is 42.5 Å². The van der Waals surface area contributed by atoms with Gasteiger partial charge >= 0.3 is 12.4 Å². The number of piperidine rings is 1. The van der Waals surface area contributed by atoms with Crippen molar-refractivity contribution < 1.29 is 35.5 Å². The molecule has 3 fully saturated rings. The lowest BCUT2D eigenvalue weighted by atomic mass is 9.84. The van der Waals surface area contributed by atoms with Crippen molar-refractivity contribution in [2.24, 2.45) is 5.92 Å². The fourth-order valence-electron chi connectivity index (χ4n) is 5.80. The molecule has 5 rings (SSSR count). The van der Waals surface area contributed by atoms with Gasteiger partial charge in [0.25, 0.3) is 5.91 Å². The highest BCUT2D eigenvalue weighted by atomic mass is 19.4. The first kappa shape index (κ1) is 27.9. The highest BCUT2D eigenvalue weighted by Crippen LogP contribution is 2.38. The summed E-state index contributed by atoms with van der Waals surface area (Å²) in [4.78, 5) is 19.5. The standard InChI is InChI=1S/C28H30F7N3O/c29-23-5-3-19(4-6-23)24-17-38(8-7-25(24)37-11-9-36(10-12-37)16-18-1-2-18)26(39)20-13-21(27(30,31)32)15-22(14-20)28(33,34)35/h3-6,13-15,18,24-25H,1-2,7-12,16-17H2/t24-,25-/m1/s1. The van der Waals surface area contributed by atoms with Gasteiger partial charge in [0.15, 0.2) is 0 Å². The zero-order chi connectivity index (χ0) is 27.9. The molecule has 0 bridgehead atoms. The van der Waals surface area contributed by atoms with Gasteiger partial charge in [-0.2, -0.15) is 26.3 Å². The van der Waals surface area contributed by atoms with E-state index in [1.807, 2.05) is 0 Å². The fourth-order valence-corrected chi connectivity index (χ4v) is 5.80. The van der Waals surface area contributed by atoms with E-state index >= 15 is 0 Å². The van der Waals surface area contributed by atoms with Crippen molar-refractivity contribution >= 4 is 5.91 Å². The molecule has 0 radical (unpaired) electrons. The molecule has 0 unspecified atom stereocenters. The average Bonchev–Trinajstić information content (AvgIpc) is 3.72. The van der Waals surface area contributed by atoms with Crippen molar-refractivity contribution in [1.82, 2.24) is 14.7 Å². The highest BCUT2D eigenvalue weighted by molar-refractivity contribution is 5.95. The molecule has 2 atom stereocenters. The number of alkyl halides is 6. The molecule has 0 spiro atoms. The fraction of sp³-hybridized carbons (Fsp3) is 0.536. The summed E-state index contributed by atoms with van der Waals surface area (Å²) in [6.07, 6.45) is -7.03. The molecule has 39 heavy (non-hydrogen) atoms. The maximum Gasteiger partial charge on any atom is 0.416 e. The molecule has 3 aliphatic rings. The quantitative estimate of drug-likeness (QED) is 0.429. The summed E-state index contributed by atoms with van der Waals surface area (Å²) in [6, 6.07) is 6.91. The summed E-state index contributed by atoms with van der Waals surface area (Å²) in [7, 11) is 0. The van der Waals surface area contributed by atoms with Crippen LogP contribution in [0, 0.1) is 11.7 Å². The van der Waals surface area contributed by atoms with Gasteiger partial charge in [0, 0.05) is 63.3 Å². The Hall–Kier alpha value is -2.66. The van der Waals surface area contributed by atoms with Crippen LogP contribution in [0.3, 0.4) is 0 Å². The van der Waals surface area contributed by atoms with Crippen molar-refractivity contribution in [3.63, 3.8) is 0 Å². The Morgan fingerprint density at radius 2 is 1.38 bits per heavy atom. The third-order valence-electron chi connectivity index (χ3n) is 8.09. The number of nitrogens with zero attached hydrogens (tertiary/aromatic N) is 3. The van der Waals surface area contributed by atoms with Crippen molar-refractivity contribution in [2.75, 3.05) is 45.8 Å². The second kappa shape index (κ2) is 10.7. The van der Waals surface area contributed by atoms with Crippen LogP contribution in [-0.2, 0) is 12.4 Å². The largest absolute Gasteiger partial charge is 0.416 e. The number of benzene rings is 2. The SMILES string of the molecule is O=C(c1cc(C(F)(F)F)cc(C(F)(F)F)c1)N1CC[C@@H](N2CCN(CC3CC3)CC2)[C@@H](c2ccc(F)cc2)C1. The van der Waals surface area contributed by atoms with Gasteiger partial charge < -0.3 is 9.80 Å². The molecule has 1 aliphatic carbocycles. The molecular weight excluding hydrogens is 527 g/mol. The molecule has 11 heteroatoms. The number of piperazine rings is 1. The number of amides is 1. The van der Waals surface area contributed by atoms with Crippen LogP contribution < -0.4 is 0 Å². The molecule has 1 amide bonds. The molecule has 4 nitrogen and oxygen atoms in total. The molecule has 2 aromatic carbocycles. The van der Waals surface area contributed by atoms with Gasteiger partial charge in [0.2, 0.25) is 0 Å². The summed E-state index contributed by atoms with van der Waals surface area (Å²) in [6.45, 7) is 4.87. The van der Waals surface area contributed by atoms with Gasteiger partial charge in [-0.3, -0.25) is 9.69 Å². The van der Waals surface area contributed by atoms with E-state index in [2.05, 4.69) is 9.80 Å². The van der Waals surface area contributed by atoms with Gasteiger partial charge in [0.1, 0.15) is 5.82 Å². The van der Waals surface area contributed by atoms with Crippen molar-refractivity contribution in [2.45, 2.75) is 43.6 Å². The van der Waals surface area contributed by atoms with Gasteiger partial charge in [-0.1, -0.05) is 12.1 Å². The molecule has 1 saturated carbocycles. The van der Waals surface area contributed by atoms with Crippen molar-refractivity contribution in [3.05, 3.63) is 70.5 Å². The van der Waals surface area contributed by atoms with E-state index in [9.17, 15) is 35.5 Å². The Morgan fingerprint density at radius 3 is 1.92 bits per heavy atom. The summed E-state index contributed by atoms with van der Waals surface area (Å²) >= 11 is 0. The lowest BCUT2D eigenvalue weighted by molar-refractivity contribution is -0.143. The van der Waals surface area contributed by atoms with E-state index in [1.165, 1.54) is 29.9 Å². The summed E-state index contributed by atoms with van der Waals surface area (Å²) in [5.74, 6) is -0.791. The third-order valence-corrected chi connectivity index (χ3v) is 8.09. The van der Waals surface area contributed by atoms with Crippen LogP contribution in [-0.4, -0.2) is 72.5 Å². The van der Waals surface area contributed by atoms with Crippen LogP contribution >= 0.6 is 0 Å². The number of hydrogen-bond acceptors (Lipinski definition) is 3. The van der Waals surface area contributed by atoms with Crippen LogP contribution in [0.5, 0.6) is 0 Å².